The summed E-state index contributed by atoms with van der Waals surface area (Å²) in [7, 11) is 0. The number of imidazole rings is 1. The second-order valence-electron chi connectivity index (χ2n) is 14.0. The number of phenols is 1. The third-order valence-corrected chi connectivity index (χ3v) is 9.76. The van der Waals surface area contributed by atoms with E-state index in [0.29, 0.717) is 22.4 Å². The Morgan fingerprint density at radius 1 is 0.655 bits per heavy atom. The van der Waals surface area contributed by atoms with E-state index in [1.807, 2.05) is 60.7 Å². The molecule has 0 aliphatic carbocycles. The van der Waals surface area contributed by atoms with Gasteiger partial charge in [-0.25, -0.2) is 9.78 Å². The molecular weight excluding hydrogens is 745 g/mol. The molecule has 16 nitrogen and oxygen atoms in total. The molecule has 2 aromatic heterocycles. The van der Waals surface area contributed by atoms with Crippen LogP contribution in [0.1, 0.15) is 22.4 Å². The van der Waals surface area contributed by atoms with E-state index in [2.05, 4.69) is 36.2 Å². The predicted octanol–water partition coefficient (Wildman–Crippen LogP) is 1.36. The van der Waals surface area contributed by atoms with Crippen molar-refractivity contribution in [1.29, 1.82) is 0 Å². The minimum atomic E-state index is -1.60. The number of carbonyl (C=O) groups is 5. The number of H-pyrrole nitrogens is 2. The summed E-state index contributed by atoms with van der Waals surface area (Å²) in [4.78, 5) is 77.2. The summed E-state index contributed by atoms with van der Waals surface area (Å²) in [6.45, 7) is -0.891. The first-order valence-electron chi connectivity index (χ1n) is 18.6. The number of aliphatic carboxylic acids is 1. The Kier molecular flexibility index (Phi) is 13.1. The van der Waals surface area contributed by atoms with Crippen LogP contribution in [0.2, 0.25) is 0 Å². The summed E-state index contributed by atoms with van der Waals surface area (Å²) in [5, 5.41) is 43.2. The third-order valence-electron chi connectivity index (χ3n) is 9.76. The molecule has 11 N–H and O–H groups in total. The van der Waals surface area contributed by atoms with E-state index < -0.39 is 66.4 Å². The molecule has 6 rings (SSSR count). The average molecular weight is 789 g/mol. The molecular formula is C42H44N8O8. The molecule has 0 spiro atoms. The summed E-state index contributed by atoms with van der Waals surface area (Å²) in [5.74, 6) is -4.60. The minimum absolute atomic E-state index is 0.0161. The fourth-order valence-electron chi connectivity index (χ4n) is 6.62. The highest BCUT2D eigenvalue weighted by atomic mass is 16.4. The van der Waals surface area contributed by atoms with Crippen molar-refractivity contribution < 1.29 is 39.3 Å². The summed E-state index contributed by atoms with van der Waals surface area (Å²) < 4.78 is 0. The maximum absolute atomic E-state index is 13.9. The average Bonchev–Trinajstić information content (AvgIpc) is 3.89. The van der Waals surface area contributed by atoms with Crippen LogP contribution in [0.4, 0.5) is 0 Å². The van der Waals surface area contributed by atoms with Crippen molar-refractivity contribution in [3.05, 3.63) is 132 Å². The molecule has 2 heterocycles. The Balaban J connectivity index is 1.19. The molecule has 300 valence electrons. The van der Waals surface area contributed by atoms with Gasteiger partial charge in [0.2, 0.25) is 23.6 Å². The SMILES string of the molecule is N[C@@H](Cc1cnc[nH]1)C(=O)N[C@@H](Cc1c[nH]c2ccccc12)C(=O)N[C@@H](CO)C(=O)N[C@@H](Cc1ccc(O)cc1)C(=O)N[C@H](Cc1ccc2ccccc2c1)C(=O)O. The molecule has 5 atom stereocenters. The number of aromatic amines is 2. The largest absolute Gasteiger partial charge is 0.508 e. The molecule has 6 aromatic rings. The number of carbonyl (C=O) groups excluding carboxylic acids is 4. The number of nitrogens with one attached hydrogen (secondary N) is 6. The van der Waals surface area contributed by atoms with Crippen LogP contribution in [-0.2, 0) is 49.7 Å². The van der Waals surface area contributed by atoms with Gasteiger partial charge in [-0.15, -0.1) is 0 Å². The molecule has 0 saturated carbocycles. The monoisotopic (exact) mass is 788 g/mol. The molecule has 4 amide bonds. The van der Waals surface area contributed by atoms with Gasteiger partial charge in [0.05, 0.1) is 19.0 Å². The molecule has 0 bridgehead atoms. The van der Waals surface area contributed by atoms with Crippen molar-refractivity contribution in [2.24, 2.45) is 5.73 Å². The van der Waals surface area contributed by atoms with Crippen molar-refractivity contribution in [3.8, 4) is 5.75 Å². The summed E-state index contributed by atoms with van der Waals surface area (Å²) in [6, 6.07) is 19.6. The van der Waals surface area contributed by atoms with Gasteiger partial charge < -0.3 is 52.3 Å². The van der Waals surface area contributed by atoms with Crippen LogP contribution in [0.5, 0.6) is 5.75 Å². The number of para-hydroxylation sites is 1. The maximum atomic E-state index is 13.9. The zero-order valence-corrected chi connectivity index (χ0v) is 31.2. The number of nitrogens with two attached hydrogens (primary N) is 1. The summed E-state index contributed by atoms with van der Waals surface area (Å²) >= 11 is 0. The van der Waals surface area contributed by atoms with Gasteiger partial charge in [-0.2, -0.15) is 0 Å². The molecule has 0 aliphatic rings. The number of fused-ring (bicyclic) bond motifs is 2. The number of hydrogen-bond donors (Lipinski definition) is 10. The molecule has 0 radical (unpaired) electrons. The van der Waals surface area contributed by atoms with Gasteiger partial charge in [0, 0.05) is 54.7 Å². The van der Waals surface area contributed by atoms with Crippen LogP contribution in [-0.4, -0.2) is 96.7 Å². The molecule has 0 unspecified atom stereocenters. The first-order chi connectivity index (χ1) is 28.0. The van der Waals surface area contributed by atoms with Crippen LogP contribution in [0.3, 0.4) is 0 Å². The van der Waals surface area contributed by atoms with Crippen LogP contribution in [0.25, 0.3) is 21.7 Å². The number of amides is 4. The number of carboxylic acids is 1. The van der Waals surface area contributed by atoms with Gasteiger partial charge in [0.25, 0.3) is 0 Å². The number of aromatic nitrogens is 3. The number of nitrogens with zero attached hydrogens (tertiary/aromatic N) is 1. The topological polar surface area (TPSA) is 265 Å². The van der Waals surface area contributed by atoms with E-state index in [9.17, 15) is 39.3 Å². The van der Waals surface area contributed by atoms with Crippen LogP contribution in [0.15, 0.2) is 110 Å². The molecule has 0 aliphatic heterocycles. The number of hydrogen-bond acceptors (Lipinski definition) is 9. The number of benzene rings is 4. The van der Waals surface area contributed by atoms with Crippen molar-refractivity contribution in [3.63, 3.8) is 0 Å². The lowest BCUT2D eigenvalue weighted by Crippen LogP contribution is -2.60. The van der Waals surface area contributed by atoms with Crippen molar-refractivity contribution in [1.82, 2.24) is 36.2 Å². The Labute approximate surface area is 332 Å². The van der Waals surface area contributed by atoms with Crippen molar-refractivity contribution >= 4 is 51.3 Å². The number of rotatable bonds is 18. The highest BCUT2D eigenvalue weighted by Gasteiger charge is 2.32. The highest BCUT2D eigenvalue weighted by Crippen LogP contribution is 2.20. The molecule has 0 fully saturated rings. The second kappa shape index (κ2) is 18.7. The molecule has 0 saturated heterocycles. The van der Waals surface area contributed by atoms with Gasteiger partial charge in [-0.3, -0.25) is 19.2 Å². The van der Waals surface area contributed by atoms with Crippen molar-refractivity contribution in [2.75, 3.05) is 6.61 Å². The summed E-state index contributed by atoms with van der Waals surface area (Å²) in [5.41, 5.74) is 9.43. The molecule has 16 heteroatoms. The lowest BCUT2D eigenvalue weighted by atomic mass is 10.0. The van der Waals surface area contributed by atoms with Gasteiger partial charge in [-0.1, -0.05) is 72.8 Å². The smallest absolute Gasteiger partial charge is 0.326 e. The maximum Gasteiger partial charge on any atom is 0.326 e. The van der Waals surface area contributed by atoms with Crippen LogP contribution >= 0.6 is 0 Å². The van der Waals surface area contributed by atoms with E-state index >= 15 is 0 Å². The Hall–Kier alpha value is -7.04. The minimum Gasteiger partial charge on any atom is -0.508 e. The molecule has 58 heavy (non-hydrogen) atoms. The quantitative estimate of drug-likeness (QED) is 0.0598. The standard InChI is InChI=1S/C42H44N8O8/c43-32(19-29-21-44-23-46-29)38(53)47-35(18-28-20-45-33-8-4-3-7-31(28)33)40(55)50-37(22-51)41(56)48-34(16-24-10-13-30(52)14-11-24)39(54)49-36(42(57)58)17-25-9-12-26-5-1-2-6-27(26)15-25/h1-15,20-21,23,32,34-37,45,51-52H,16-19,22,43H2,(H,44,46)(H,47,53)(H,48,56)(H,49,54)(H,50,55)(H,57,58)/t32-,34-,35-,36+,37-/m0/s1. The highest BCUT2D eigenvalue weighted by molar-refractivity contribution is 5.96. The fourth-order valence-corrected chi connectivity index (χ4v) is 6.62. The number of aliphatic hydroxyl groups excluding tert-OH is 1. The van der Waals surface area contributed by atoms with E-state index in [-0.39, 0.29) is 31.4 Å². The second-order valence-corrected chi connectivity index (χ2v) is 14.0. The van der Waals surface area contributed by atoms with Gasteiger partial charge in [0.15, 0.2) is 0 Å². The first-order valence-corrected chi connectivity index (χ1v) is 18.6. The van der Waals surface area contributed by atoms with Crippen molar-refractivity contribution in [2.45, 2.75) is 55.9 Å². The Morgan fingerprint density at radius 3 is 1.97 bits per heavy atom. The Morgan fingerprint density at radius 2 is 1.26 bits per heavy atom. The number of carboxylic acid groups (broad SMARTS) is 1. The van der Waals surface area contributed by atoms with E-state index in [1.54, 1.807) is 12.3 Å². The number of aliphatic hydroxyl groups is 1. The zero-order chi connectivity index (χ0) is 41.2. The molecule has 4 aromatic carbocycles. The first kappa shape index (κ1) is 40.6. The Bertz CT molecular complexity index is 2380. The lowest BCUT2D eigenvalue weighted by Gasteiger charge is -2.26. The van der Waals surface area contributed by atoms with Gasteiger partial charge in [-0.05, 0) is 45.7 Å². The van der Waals surface area contributed by atoms with Crippen LogP contribution in [0, 0.1) is 0 Å². The van der Waals surface area contributed by atoms with E-state index in [4.69, 9.17) is 5.73 Å². The van der Waals surface area contributed by atoms with Crippen LogP contribution < -0.4 is 27.0 Å². The normalized spacial score (nSPS) is 13.8. The summed E-state index contributed by atoms with van der Waals surface area (Å²) in [6.07, 6.45) is 4.56. The third kappa shape index (κ3) is 10.4. The van der Waals surface area contributed by atoms with Gasteiger partial charge >= 0.3 is 5.97 Å². The number of phenolic OH excluding ortho intramolecular Hbond substituents is 1. The van der Waals surface area contributed by atoms with Gasteiger partial charge in [0.1, 0.15) is 29.9 Å². The fraction of sp³-hybridized carbons (Fsp3) is 0.238. The number of aromatic hydroxyl groups is 1. The van der Waals surface area contributed by atoms with E-state index in [1.165, 1.54) is 36.8 Å². The lowest BCUT2D eigenvalue weighted by molar-refractivity contribution is -0.142. The predicted molar refractivity (Wildman–Crippen MR) is 214 cm³/mol. The zero-order valence-electron chi connectivity index (χ0n) is 31.2. The van der Waals surface area contributed by atoms with E-state index in [0.717, 1.165) is 21.7 Å².